The number of carbonyl (C=O) groups excluding carboxylic acids is 4. The van der Waals surface area contributed by atoms with E-state index in [1.54, 1.807) is 0 Å². The van der Waals surface area contributed by atoms with E-state index in [9.17, 15) is 19.2 Å². The summed E-state index contributed by atoms with van der Waals surface area (Å²) in [5.41, 5.74) is 0.323. The fourth-order valence-electron chi connectivity index (χ4n) is 7.36. The summed E-state index contributed by atoms with van der Waals surface area (Å²) in [7, 11) is 2.75. The summed E-state index contributed by atoms with van der Waals surface area (Å²) in [6.45, 7) is 5.89. The number of hydrogen-bond donors (Lipinski definition) is 0. The molecule has 1 aromatic carbocycles. The monoisotopic (exact) mass is 612 g/mol. The summed E-state index contributed by atoms with van der Waals surface area (Å²) in [6.07, 6.45) is 4.00. The number of carbonyl (C=O) groups is 4. The molecule has 6 fully saturated rings. The Labute approximate surface area is 219 Å². The molecule has 0 unspecified atom stereocenters. The van der Waals surface area contributed by atoms with Gasteiger partial charge in [-0.15, -0.1) is 0 Å². The zero-order chi connectivity index (χ0) is 26.1. The molecule has 1 aromatic rings. The van der Waals surface area contributed by atoms with Crippen molar-refractivity contribution in [2.24, 2.45) is 21.7 Å². The minimum atomic E-state index is -3.23. The molecule has 7 rings (SSSR count). The maximum atomic E-state index is 13.5. The van der Waals surface area contributed by atoms with Crippen LogP contribution in [0.4, 0.5) is 0 Å². The van der Waals surface area contributed by atoms with Crippen LogP contribution in [0.3, 0.4) is 0 Å². The quantitative estimate of drug-likeness (QED) is 0.323. The van der Waals surface area contributed by atoms with E-state index in [0.717, 1.165) is 20.3 Å². The summed E-state index contributed by atoms with van der Waals surface area (Å²) in [4.78, 5) is 51.6. The summed E-state index contributed by atoms with van der Waals surface area (Å²) in [5, 5.41) is 0. The van der Waals surface area contributed by atoms with E-state index in [-0.39, 0.29) is 23.9 Å². The maximum absolute atomic E-state index is 13.5. The van der Waals surface area contributed by atoms with Gasteiger partial charge in [-0.1, -0.05) is 0 Å². The van der Waals surface area contributed by atoms with E-state index >= 15 is 0 Å². The van der Waals surface area contributed by atoms with E-state index in [2.05, 4.69) is 0 Å². The molecule has 0 aliphatic heterocycles. The van der Waals surface area contributed by atoms with E-state index in [1.807, 2.05) is 32.9 Å². The molecule has 0 saturated heterocycles. The molecule has 6 aliphatic carbocycles. The standard InChI is InChI=1S/C27H33IO8/c1-16-10-17(2)19(18(3)11-16)28(35-22(31)26-8-6-24(12-26,13-26)20(29)33-4)36-23(32)27-9-7-25(14-27,15-27)21(30)34-5/h10-11H,6-9,12-15H2,1-5H3. The van der Waals surface area contributed by atoms with Gasteiger partial charge in [0.25, 0.3) is 0 Å². The first-order valence-electron chi connectivity index (χ1n) is 12.3. The molecule has 9 heteroatoms. The van der Waals surface area contributed by atoms with Gasteiger partial charge in [0.1, 0.15) is 0 Å². The number of ether oxygens (including phenoxy) is 2. The van der Waals surface area contributed by atoms with Gasteiger partial charge < -0.3 is 0 Å². The van der Waals surface area contributed by atoms with Gasteiger partial charge in [0.05, 0.1) is 0 Å². The van der Waals surface area contributed by atoms with Crippen LogP contribution in [0.1, 0.15) is 68.1 Å². The molecule has 0 radical (unpaired) electrons. The van der Waals surface area contributed by atoms with Crippen molar-refractivity contribution < 1.29 is 34.8 Å². The van der Waals surface area contributed by atoms with Crippen molar-refractivity contribution in [2.45, 2.75) is 72.1 Å². The fourth-order valence-corrected chi connectivity index (χ4v) is 11.3. The van der Waals surface area contributed by atoms with Crippen molar-refractivity contribution in [3.63, 3.8) is 0 Å². The van der Waals surface area contributed by atoms with Crippen molar-refractivity contribution >= 4 is 44.5 Å². The summed E-state index contributed by atoms with van der Waals surface area (Å²) in [5.74, 6) is -1.29. The zero-order valence-corrected chi connectivity index (χ0v) is 23.6. The number of rotatable bonds is 7. The Balaban J connectivity index is 1.38. The summed E-state index contributed by atoms with van der Waals surface area (Å²) in [6, 6.07) is 4.01. The minimum absolute atomic E-state index is 0.269. The molecular formula is C27H33IO8. The third-order valence-electron chi connectivity index (χ3n) is 8.99. The predicted molar refractivity (Wildman–Crippen MR) is 136 cm³/mol. The third kappa shape index (κ3) is 3.59. The van der Waals surface area contributed by atoms with Gasteiger partial charge >= 0.3 is 220 Å². The Morgan fingerprint density at radius 3 is 1.31 bits per heavy atom. The second-order valence-electron chi connectivity index (χ2n) is 11.5. The molecule has 0 N–H and O–H groups in total. The molecule has 0 atom stereocenters. The van der Waals surface area contributed by atoms with Crippen molar-refractivity contribution in [1.82, 2.24) is 0 Å². The Morgan fingerprint density at radius 1 is 0.639 bits per heavy atom. The van der Waals surface area contributed by atoms with Crippen LogP contribution in [0.15, 0.2) is 12.1 Å². The number of hydrogen-bond acceptors (Lipinski definition) is 8. The van der Waals surface area contributed by atoms with Crippen LogP contribution in [-0.4, -0.2) is 38.1 Å². The molecule has 4 bridgehead atoms. The van der Waals surface area contributed by atoms with Crippen molar-refractivity contribution in [1.29, 1.82) is 0 Å². The summed E-state index contributed by atoms with van der Waals surface area (Å²) >= 11 is -3.23. The molecule has 0 spiro atoms. The Bertz CT molecular complexity index is 1070. The normalized spacial score (nSPS) is 33.6. The van der Waals surface area contributed by atoms with Crippen LogP contribution >= 0.6 is 20.6 Å². The zero-order valence-electron chi connectivity index (χ0n) is 21.5. The second kappa shape index (κ2) is 8.43. The molecular weight excluding hydrogens is 579 g/mol. The fraction of sp³-hybridized carbons (Fsp3) is 0.630. The number of fused-ring (bicyclic) bond motifs is 2. The first kappa shape index (κ1) is 25.5. The van der Waals surface area contributed by atoms with Gasteiger partial charge in [-0.05, 0) is 0 Å². The predicted octanol–water partition coefficient (Wildman–Crippen LogP) is 4.67. The van der Waals surface area contributed by atoms with Gasteiger partial charge in [-0.3, -0.25) is 0 Å². The number of benzene rings is 1. The first-order chi connectivity index (χ1) is 16.9. The van der Waals surface area contributed by atoms with Gasteiger partial charge in [-0.25, -0.2) is 0 Å². The molecule has 8 nitrogen and oxygen atoms in total. The number of methoxy groups -OCH3 is 2. The van der Waals surface area contributed by atoms with E-state index in [0.29, 0.717) is 51.4 Å². The van der Waals surface area contributed by atoms with E-state index in [1.165, 1.54) is 14.2 Å². The van der Waals surface area contributed by atoms with Crippen LogP contribution < -0.4 is 0 Å². The number of aryl methyl sites for hydroxylation is 3. The topological polar surface area (TPSA) is 105 Å². The molecule has 0 amide bonds. The van der Waals surface area contributed by atoms with Crippen LogP contribution in [-0.2, 0) is 34.8 Å². The summed E-state index contributed by atoms with van der Waals surface area (Å²) < 4.78 is 23.0. The second-order valence-corrected chi connectivity index (χ2v) is 14.7. The molecule has 196 valence electrons. The van der Waals surface area contributed by atoms with Gasteiger partial charge in [0.15, 0.2) is 0 Å². The Hall–Kier alpha value is -2.17. The van der Waals surface area contributed by atoms with E-state index in [4.69, 9.17) is 15.6 Å². The third-order valence-corrected chi connectivity index (χ3v) is 13.2. The van der Waals surface area contributed by atoms with Gasteiger partial charge in [0.2, 0.25) is 0 Å². The van der Waals surface area contributed by atoms with Crippen molar-refractivity contribution in [3.05, 3.63) is 32.4 Å². The number of esters is 2. The van der Waals surface area contributed by atoms with Crippen molar-refractivity contribution in [2.75, 3.05) is 14.2 Å². The van der Waals surface area contributed by atoms with Gasteiger partial charge in [0, 0.05) is 0 Å². The molecule has 0 aromatic heterocycles. The first-order valence-corrected chi connectivity index (χ1v) is 15.2. The van der Waals surface area contributed by atoms with Crippen LogP contribution in [0.2, 0.25) is 0 Å². The van der Waals surface area contributed by atoms with Crippen LogP contribution in [0, 0.1) is 46.0 Å². The average Bonchev–Trinajstić information content (AvgIpc) is 3.54. The van der Waals surface area contributed by atoms with Crippen LogP contribution in [0.25, 0.3) is 0 Å². The Kier molecular flexibility index (Phi) is 5.96. The SMILES string of the molecule is COC(=O)C12CCC(C(=O)OI(OC(=O)C34CCC(C(=O)OC)(C3)C4)c3c(C)cc(C)cc3C)(C1)C2. The Morgan fingerprint density at radius 2 is 0.972 bits per heavy atom. The van der Waals surface area contributed by atoms with Crippen LogP contribution in [0.5, 0.6) is 0 Å². The average molecular weight is 612 g/mol. The molecule has 6 aliphatic rings. The van der Waals surface area contributed by atoms with Gasteiger partial charge in [-0.2, -0.15) is 0 Å². The number of halogens is 1. The molecule has 0 heterocycles. The molecule has 6 saturated carbocycles. The van der Waals surface area contributed by atoms with Crippen molar-refractivity contribution in [3.8, 4) is 0 Å². The molecule has 36 heavy (non-hydrogen) atoms. The van der Waals surface area contributed by atoms with E-state index < -0.39 is 42.3 Å².